The van der Waals surface area contributed by atoms with Crippen LogP contribution in [-0.2, 0) is 4.79 Å². The number of anilines is 1. The predicted octanol–water partition coefficient (Wildman–Crippen LogP) is 0.806. The Balaban J connectivity index is 2.56. The second-order valence-electron chi connectivity index (χ2n) is 2.96. The van der Waals surface area contributed by atoms with Crippen molar-refractivity contribution in [2.75, 3.05) is 5.32 Å². The number of halogens is 1. The van der Waals surface area contributed by atoms with Crippen molar-refractivity contribution in [3.05, 3.63) is 17.5 Å². The summed E-state index contributed by atoms with van der Waals surface area (Å²) in [6, 6.07) is 1.30. The highest BCUT2D eigenvalue weighted by molar-refractivity contribution is 6.29. The minimum absolute atomic E-state index is 0.174. The van der Waals surface area contributed by atoms with E-state index in [1.54, 1.807) is 6.92 Å². The van der Waals surface area contributed by atoms with Crippen LogP contribution < -0.4 is 11.1 Å². The van der Waals surface area contributed by atoms with E-state index in [-0.39, 0.29) is 23.5 Å². The largest absolute Gasteiger partial charge is 0.327 e. The summed E-state index contributed by atoms with van der Waals surface area (Å²) in [5.41, 5.74) is 5.46. The molecule has 0 fully saturated rings. The number of carbonyl (C=O) groups is 1. The molecule has 14 heavy (non-hydrogen) atoms. The van der Waals surface area contributed by atoms with E-state index in [2.05, 4.69) is 15.3 Å². The number of nitrogens with two attached hydrogens (primary N) is 1. The summed E-state index contributed by atoms with van der Waals surface area (Å²) in [4.78, 5) is 18.7. The summed E-state index contributed by atoms with van der Waals surface area (Å²) in [5.74, 6) is 0.199. The molecule has 0 spiro atoms. The van der Waals surface area contributed by atoms with Gasteiger partial charge in [0.05, 0.1) is 0 Å². The van der Waals surface area contributed by atoms with Crippen molar-refractivity contribution in [1.29, 1.82) is 0 Å². The topological polar surface area (TPSA) is 80.9 Å². The number of aromatic nitrogens is 2. The zero-order chi connectivity index (χ0) is 10.6. The minimum atomic E-state index is -0.185. The first-order valence-corrected chi connectivity index (χ1v) is 4.48. The molecule has 0 aliphatic carbocycles. The second-order valence-corrected chi connectivity index (χ2v) is 3.34. The van der Waals surface area contributed by atoms with E-state index in [0.717, 1.165) is 0 Å². The third kappa shape index (κ3) is 3.68. The van der Waals surface area contributed by atoms with E-state index in [9.17, 15) is 4.79 Å². The number of carbonyl (C=O) groups excluding carboxylic acids is 1. The molecule has 0 aromatic carbocycles. The van der Waals surface area contributed by atoms with Crippen LogP contribution in [0.2, 0.25) is 5.15 Å². The first-order chi connectivity index (χ1) is 6.58. The zero-order valence-electron chi connectivity index (χ0n) is 7.70. The van der Waals surface area contributed by atoms with Crippen molar-refractivity contribution >= 4 is 23.3 Å². The van der Waals surface area contributed by atoms with Gasteiger partial charge in [0.2, 0.25) is 5.91 Å². The standard InChI is InChI=1S/C8H11ClN4O/c1-5(10)2-8(14)13-7-3-6(9)11-4-12-7/h3-5H,2,10H2,1H3,(H,11,12,13,14). The molecule has 0 aliphatic heterocycles. The number of nitrogens with one attached hydrogen (secondary N) is 1. The van der Waals surface area contributed by atoms with Crippen LogP contribution >= 0.6 is 11.6 Å². The molecular weight excluding hydrogens is 204 g/mol. The lowest BCUT2D eigenvalue weighted by Crippen LogP contribution is -2.24. The van der Waals surface area contributed by atoms with Gasteiger partial charge in [-0.15, -0.1) is 0 Å². The summed E-state index contributed by atoms with van der Waals surface area (Å²) in [6.07, 6.45) is 1.53. The summed E-state index contributed by atoms with van der Waals surface area (Å²) >= 11 is 5.61. The van der Waals surface area contributed by atoms with Gasteiger partial charge >= 0.3 is 0 Å². The van der Waals surface area contributed by atoms with Gasteiger partial charge in [-0.1, -0.05) is 11.6 Å². The van der Waals surface area contributed by atoms with Gasteiger partial charge in [-0.3, -0.25) is 4.79 Å². The molecule has 1 aromatic heterocycles. The van der Waals surface area contributed by atoms with Gasteiger partial charge in [-0.25, -0.2) is 9.97 Å². The smallest absolute Gasteiger partial charge is 0.227 e. The SMILES string of the molecule is CC(N)CC(=O)Nc1cc(Cl)ncn1. The molecule has 6 heteroatoms. The number of rotatable bonds is 3. The van der Waals surface area contributed by atoms with Gasteiger partial charge in [0.1, 0.15) is 17.3 Å². The van der Waals surface area contributed by atoms with Crippen LogP contribution in [0.4, 0.5) is 5.82 Å². The Bertz CT molecular complexity index is 329. The average molecular weight is 215 g/mol. The maximum absolute atomic E-state index is 11.2. The molecule has 0 aliphatic rings. The molecule has 1 amide bonds. The quantitative estimate of drug-likeness (QED) is 0.730. The third-order valence-corrected chi connectivity index (χ3v) is 1.62. The summed E-state index contributed by atoms with van der Waals surface area (Å²) in [5, 5.41) is 2.85. The fourth-order valence-corrected chi connectivity index (χ4v) is 1.04. The van der Waals surface area contributed by atoms with E-state index < -0.39 is 0 Å². The van der Waals surface area contributed by atoms with Gasteiger partial charge in [0, 0.05) is 18.5 Å². The van der Waals surface area contributed by atoms with Crippen molar-refractivity contribution in [3.8, 4) is 0 Å². The first-order valence-electron chi connectivity index (χ1n) is 4.11. The lowest BCUT2D eigenvalue weighted by molar-refractivity contribution is -0.116. The Morgan fingerprint density at radius 3 is 3.00 bits per heavy atom. The minimum Gasteiger partial charge on any atom is -0.327 e. The highest BCUT2D eigenvalue weighted by Gasteiger charge is 2.06. The van der Waals surface area contributed by atoms with Crippen LogP contribution in [0.3, 0.4) is 0 Å². The van der Waals surface area contributed by atoms with Crippen LogP contribution in [-0.4, -0.2) is 21.9 Å². The average Bonchev–Trinajstić information content (AvgIpc) is 2.01. The molecule has 0 radical (unpaired) electrons. The molecular formula is C8H11ClN4O. The second kappa shape index (κ2) is 4.88. The maximum Gasteiger partial charge on any atom is 0.227 e. The summed E-state index contributed by atoms with van der Waals surface area (Å²) in [7, 11) is 0. The lowest BCUT2D eigenvalue weighted by Gasteiger charge is -2.05. The lowest BCUT2D eigenvalue weighted by atomic mass is 10.2. The Morgan fingerprint density at radius 2 is 2.43 bits per heavy atom. The Morgan fingerprint density at radius 1 is 1.71 bits per heavy atom. The van der Waals surface area contributed by atoms with Crippen molar-refractivity contribution in [1.82, 2.24) is 9.97 Å². The highest BCUT2D eigenvalue weighted by atomic mass is 35.5. The van der Waals surface area contributed by atoms with Crippen molar-refractivity contribution in [2.24, 2.45) is 5.73 Å². The Kier molecular flexibility index (Phi) is 3.79. The molecule has 1 aromatic rings. The van der Waals surface area contributed by atoms with Crippen molar-refractivity contribution in [3.63, 3.8) is 0 Å². The fraction of sp³-hybridized carbons (Fsp3) is 0.375. The fourth-order valence-electron chi connectivity index (χ4n) is 0.888. The third-order valence-electron chi connectivity index (χ3n) is 1.41. The van der Waals surface area contributed by atoms with E-state index in [4.69, 9.17) is 17.3 Å². The molecule has 0 saturated carbocycles. The zero-order valence-corrected chi connectivity index (χ0v) is 8.45. The first kappa shape index (κ1) is 10.9. The van der Waals surface area contributed by atoms with Gasteiger partial charge in [-0.05, 0) is 6.92 Å². The Hall–Kier alpha value is -1.20. The van der Waals surface area contributed by atoms with Crippen LogP contribution in [0.15, 0.2) is 12.4 Å². The molecule has 0 bridgehead atoms. The number of nitrogens with zero attached hydrogens (tertiary/aromatic N) is 2. The normalized spacial score (nSPS) is 12.2. The monoisotopic (exact) mass is 214 g/mol. The molecule has 1 unspecified atom stereocenters. The number of hydrogen-bond acceptors (Lipinski definition) is 4. The van der Waals surface area contributed by atoms with Gasteiger partial charge < -0.3 is 11.1 Å². The van der Waals surface area contributed by atoms with E-state index in [1.807, 2.05) is 0 Å². The molecule has 5 nitrogen and oxygen atoms in total. The van der Waals surface area contributed by atoms with Crippen molar-refractivity contribution in [2.45, 2.75) is 19.4 Å². The van der Waals surface area contributed by atoms with Crippen LogP contribution in [0.5, 0.6) is 0 Å². The van der Waals surface area contributed by atoms with Gasteiger partial charge in [0.25, 0.3) is 0 Å². The summed E-state index contributed by atoms with van der Waals surface area (Å²) in [6.45, 7) is 1.76. The van der Waals surface area contributed by atoms with Crippen LogP contribution in [0.25, 0.3) is 0 Å². The van der Waals surface area contributed by atoms with Crippen LogP contribution in [0, 0.1) is 0 Å². The highest BCUT2D eigenvalue weighted by Crippen LogP contribution is 2.08. The molecule has 1 heterocycles. The van der Waals surface area contributed by atoms with E-state index >= 15 is 0 Å². The Labute approximate surface area is 86.7 Å². The maximum atomic E-state index is 11.2. The van der Waals surface area contributed by atoms with Crippen LogP contribution in [0.1, 0.15) is 13.3 Å². The number of hydrogen-bond donors (Lipinski definition) is 2. The van der Waals surface area contributed by atoms with Crippen molar-refractivity contribution < 1.29 is 4.79 Å². The molecule has 3 N–H and O–H groups in total. The molecule has 76 valence electrons. The summed E-state index contributed by atoms with van der Waals surface area (Å²) < 4.78 is 0. The van der Waals surface area contributed by atoms with E-state index in [1.165, 1.54) is 12.4 Å². The molecule has 1 rings (SSSR count). The molecule has 1 atom stereocenters. The predicted molar refractivity (Wildman–Crippen MR) is 53.9 cm³/mol. The van der Waals surface area contributed by atoms with Gasteiger partial charge in [-0.2, -0.15) is 0 Å². The van der Waals surface area contributed by atoms with E-state index in [0.29, 0.717) is 5.82 Å². The molecule has 0 saturated heterocycles. The van der Waals surface area contributed by atoms with Gasteiger partial charge in [0.15, 0.2) is 0 Å². The number of amides is 1.